The van der Waals surface area contributed by atoms with Crippen molar-refractivity contribution in [2.45, 2.75) is 46.0 Å². The van der Waals surface area contributed by atoms with E-state index < -0.39 is 0 Å². The first-order valence-corrected chi connectivity index (χ1v) is 10.4. The van der Waals surface area contributed by atoms with Crippen molar-refractivity contribution in [2.24, 2.45) is 0 Å². The fraction of sp³-hybridized carbons (Fsp3) is 0.250. The molecule has 28 heavy (non-hydrogen) atoms. The van der Waals surface area contributed by atoms with Crippen LogP contribution in [0.5, 0.6) is 0 Å². The Labute approximate surface area is 169 Å². The summed E-state index contributed by atoms with van der Waals surface area (Å²) >= 11 is 0. The van der Waals surface area contributed by atoms with Crippen molar-refractivity contribution in [1.82, 2.24) is 0 Å². The Morgan fingerprint density at radius 3 is 2.11 bits per heavy atom. The van der Waals surface area contributed by atoms with E-state index >= 15 is 0 Å². The van der Waals surface area contributed by atoms with Crippen LogP contribution in [0.25, 0.3) is 28.3 Å². The third kappa shape index (κ3) is 3.44. The number of hydrogen-bond donors (Lipinski definition) is 0. The average molecular weight is 366 g/mol. The molecule has 0 fully saturated rings. The molecule has 3 aromatic rings. The lowest BCUT2D eigenvalue weighted by molar-refractivity contribution is 0.592. The van der Waals surface area contributed by atoms with Crippen molar-refractivity contribution in [3.05, 3.63) is 95.4 Å². The largest absolute Gasteiger partial charge is 0.0651 e. The SMILES string of the molecule is CCCC1=Cc2c(ccc(C(C)(C)C)c2-c2ccccc2-c2ccccc2)[CH]1. The van der Waals surface area contributed by atoms with Gasteiger partial charge in [0.05, 0.1) is 0 Å². The van der Waals surface area contributed by atoms with Gasteiger partial charge in [0.25, 0.3) is 0 Å². The maximum absolute atomic E-state index is 2.42. The molecule has 1 aliphatic rings. The van der Waals surface area contributed by atoms with Gasteiger partial charge in [-0.25, -0.2) is 0 Å². The quantitative estimate of drug-likeness (QED) is 0.438. The van der Waals surface area contributed by atoms with Crippen LogP contribution in [0.1, 0.15) is 57.2 Å². The zero-order chi connectivity index (χ0) is 19.7. The Bertz CT molecular complexity index is 1010. The van der Waals surface area contributed by atoms with E-state index in [9.17, 15) is 0 Å². The maximum atomic E-state index is 2.42. The van der Waals surface area contributed by atoms with Crippen LogP contribution in [0.3, 0.4) is 0 Å². The van der Waals surface area contributed by atoms with Gasteiger partial charge in [0.15, 0.2) is 0 Å². The summed E-state index contributed by atoms with van der Waals surface area (Å²) in [6, 6.07) is 24.3. The summed E-state index contributed by atoms with van der Waals surface area (Å²) in [6.07, 6.45) is 7.11. The van der Waals surface area contributed by atoms with Gasteiger partial charge in [-0.1, -0.05) is 112 Å². The summed E-state index contributed by atoms with van der Waals surface area (Å²) in [5.41, 5.74) is 11.0. The van der Waals surface area contributed by atoms with Crippen LogP contribution < -0.4 is 0 Å². The Hall–Kier alpha value is -2.60. The lowest BCUT2D eigenvalue weighted by Crippen LogP contribution is -2.14. The average Bonchev–Trinajstić information content (AvgIpc) is 3.10. The zero-order valence-corrected chi connectivity index (χ0v) is 17.4. The molecule has 0 saturated carbocycles. The first-order chi connectivity index (χ1) is 13.5. The van der Waals surface area contributed by atoms with Gasteiger partial charge < -0.3 is 0 Å². The molecular weight excluding hydrogens is 336 g/mol. The molecule has 0 aliphatic heterocycles. The summed E-state index contributed by atoms with van der Waals surface area (Å²) in [4.78, 5) is 0. The predicted octanol–water partition coefficient (Wildman–Crippen LogP) is 8.07. The maximum Gasteiger partial charge on any atom is 0.0164 e. The number of fused-ring (bicyclic) bond motifs is 1. The van der Waals surface area contributed by atoms with Crippen LogP contribution in [0, 0.1) is 6.42 Å². The second kappa shape index (κ2) is 7.43. The number of benzene rings is 3. The van der Waals surface area contributed by atoms with Gasteiger partial charge in [-0.05, 0) is 50.8 Å². The summed E-state index contributed by atoms with van der Waals surface area (Å²) in [5.74, 6) is 0. The molecule has 1 radical (unpaired) electrons. The van der Waals surface area contributed by atoms with E-state index in [0.29, 0.717) is 0 Å². The summed E-state index contributed by atoms with van der Waals surface area (Å²) in [7, 11) is 0. The molecule has 0 unspecified atom stereocenters. The van der Waals surface area contributed by atoms with E-state index in [2.05, 4.69) is 107 Å². The molecule has 141 valence electrons. The monoisotopic (exact) mass is 365 g/mol. The van der Waals surface area contributed by atoms with Crippen molar-refractivity contribution in [3.8, 4) is 22.3 Å². The second-order valence-electron chi connectivity index (χ2n) is 8.77. The lowest BCUT2D eigenvalue weighted by Gasteiger charge is -2.26. The van der Waals surface area contributed by atoms with Gasteiger partial charge in [-0.2, -0.15) is 0 Å². The summed E-state index contributed by atoms with van der Waals surface area (Å²) in [6.45, 7) is 9.21. The van der Waals surface area contributed by atoms with Crippen LogP contribution in [-0.2, 0) is 5.41 Å². The molecule has 0 heterocycles. The van der Waals surface area contributed by atoms with Crippen LogP contribution in [0.2, 0.25) is 0 Å². The fourth-order valence-corrected chi connectivity index (χ4v) is 4.26. The molecule has 0 bridgehead atoms. The van der Waals surface area contributed by atoms with Crippen LogP contribution in [0.15, 0.2) is 72.3 Å². The number of allylic oxidation sites excluding steroid dienone is 1. The van der Waals surface area contributed by atoms with Gasteiger partial charge >= 0.3 is 0 Å². The molecule has 0 saturated heterocycles. The molecule has 1 aliphatic carbocycles. The third-order valence-corrected chi connectivity index (χ3v) is 5.58. The Kier molecular flexibility index (Phi) is 4.98. The Morgan fingerprint density at radius 2 is 1.43 bits per heavy atom. The Morgan fingerprint density at radius 1 is 0.750 bits per heavy atom. The highest BCUT2D eigenvalue weighted by atomic mass is 14.3. The van der Waals surface area contributed by atoms with E-state index in [1.165, 1.54) is 50.9 Å². The van der Waals surface area contributed by atoms with Gasteiger partial charge in [-0.3, -0.25) is 0 Å². The molecule has 4 rings (SSSR count). The standard InChI is InChI=1S/C28H29/c1-5-11-20-18-22-16-17-26(28(2,3)4)27(25(22)19-20)24-15-10-9-14-23(24)21-12-7-6-8-13-21/h6-10,12-19H,5,11H2,1-4H3. The van der Waals surface area contributed by atoms with E-state index in [1.807, 2.05) is 0 Å². The van der Waals surface area contributed by atoms with E-state index in [4.69, 9.17) is 0 Å². The van der Waals surface area contributed by atoms with E-state index in [-0.39, 0.29) is 5.41 Å². The van der Waals surface area contributed by atoms with Crippen LogP contribution in [-0.4, -0.2) is 0 Å². The molecule has 0 heteroatoms. The molecule has 3 aromatic carbocycles. The Balaban J connectivity index is 2.00. The molecule has 0 amide bonds. The molecular formula is C28H29. The van der Waals surface area contributed by atoms with Gasteiger partial charge in [0.1, 0.15) is 0 Å². The smallest absolute Gasteiger partial charge is 0.0164 e. The fourth-order valence-electron chi connectivity index (χ4n) is 4.26. The first-order valence-electron chi connectivity index (χ1n) is 10.4. The van der Waals surface area contributed by atoms with Gasteiger partial charge in [0.2, 0.25) is 0 Å². The third-order valence-electron chi connectivity index (χ3n) is 5.58. The van der Waals surface area contributed by atoms with Crippen LogP contribution in [0.4, 0.5) is 0 Å². The van der Waals surface area contributed by atoms with Crippen molar-refractivity contribution in [2.75, 3.05) is 0 Å². The highest BCUT2D eigenvalue weighted by Gasteiger charge is 2.26. The van der Waals surface area contributed by atoms with Crippen LogP contribution >= 0.6 is 0 Å². The molecule has 0 aromatic heterocycles. The number of hydrogen-bond acceptors (Lipinski definition) is 0. The topological polar surface area (TPSA) is 0 Å². The van der Waals surface area contributed by atoms with Gasteiger partial charge in [0, 0.05) is 6.42 Å². The normalized spacial score (nSPS) is 13.4. The zero-order valence-electron chi connectivity index (χ0n) is 17.4. The predicted molar refractivity (Wildman–Crippen MR) is 122 cm³/mol. The first kappa shape index (κ1) is 18.7. The number of rotatable bonds is 4. The minimum absolute atomic E-state index is 0.0789. The van der Waals surface area contributed by atoms with Gasteiger partial charge in [-0.15, -0.1) is 0 Å². The van der Waals surface area contributed by atoms with Crippen molar-refractivity contribution >= 4 is 6.08 Å². The summed E-state index contributed by atoms with van der Waals surface area (Å²) < 4.78 is 0. The molecule has 0 N–H and O–H groups in total. The highest BCUT2D eigenvalue weighted by Crippen LogP contribution is 2.45. The minimum Gasteiger partial charge on any atom is -0.0651 e. The van der Waals surface area contributed by atoms with Crippen molar-refractivity contribution in [3.63, 3.8) is 0 Å². The lowest BCUT2D eigenvalue weighted by atomic mass is 9.78. The molecule has 0 atom stereocenters. The van der Waals surface area contributed by atoms with E-state index in [0.717, 1.165) is 6.42 Å². The minimum atomic E-state index is 0.0789. The van der Waals surface area contributed by atoms with Crippen molar-refractivity contribution in [1.29, 1.82) is 0 Å². The summed E-state index contributed by atoms with van der Waals surface area (Å²) in [5, 5.41) is 0. The van der Waals surface area contributed by atoms with E-state index in [1.54, 1.807) is 0 Å². The molecule has 0 nitrogen and oxygen atoms in total. The highest BCUT2D eigenvalue weighted by molar-refractivity contribution is 5.92. The van der Waals surface area contributed by atoms with Crippen molar-refractivity contribution < 1.29 is 0 Å². The second-order valence-corrected chi connectivity index (χ2v) is 8.77. The molecule has 0 spiro atoms.